The van der Waals surface area contributed by atoms with Crippen molar-refractivity contribution in [2.45, 2.75) is 6.04 Å². The second kappa shape index (κ2) is 4.17. The summed E-state index contributed by atoms with van der Waals surface area (Å²) in [6.07, 6.45) is 1.81. The van der Waals surface area contributed by atoms with Crippen LogP contribution in [0, 0.1) is 0 Å². The predicted octanol–water partition coefficient (Wildman–Crippen LogP) is 1.50. The number of pyridine rings is 1. The van der Waals surface area contributed by atoms with Crippen molar-refractivity contribution < 1.29 is 4.74 Å². The normalized spacial score (nSPS) is 23.0. The molecule has 0 saturated carbocycles. The maximum atomic E-state index is 5.35. The molecule has 1 saturated heterocycles. The van der Waals surface area contributed by atoms with Crippen molar-refractivity contribution >= 4 is 15.9 Å². The Kier molecular flexibility index (Phi) is 2.93. The molecule has 0 spiro atoms. The molecule has 0 aliphatic carbocycles. The van der Waals surface area contributed by atoms with Crippen LogP contribution >= 0.6 is 15.9 Å². The predicted molar refractivity (Wildman–Crippen MR) is 53.5 cm³/mol. The zero-order valence-electron chi connectivity index (χ0n) is 7.16. The largest absolute Gasteiger partial charge is 0.378 e. The van der Waals surface area contributed by atoms with E-state index in [2.05, 4.69) is 26.2 Å². The first-order chi connectivity index (χ1) is 6.36. The highest BCUT2D eigenvalue weighted by atomic mass is 79.9. The van der Waals surface area contributed by atoms with E-state index >= 15 is 0 Å². The Balaban J connectivity index is 2.10. The number of halogens is 1. The highest BCUT2D eigenvalue weighted by Gasteiger charge is 2.15. The first kappa shape index (κ1) is 9.12. The maximum Gasteiger partial charge on any atom is 0.0733 e. The lowest BCUT2D eigenvalue weighted by Gasteiger charge is -2.23. The minimum absolute atomic E-state index is 0.252. The Labute approximate surface area is 85.6 Å². The van der Waals surface area contributed by atoms with Gasteiger partial charge >= 0.3 is 0 Å². The minimum atomic E-state index is 0.252. The summed E-state index contributed by atoms with van der Waals surface area (Å²) in [7, 11) is 0. The van der Waals surface area contributed by atoms with Crippen LogP contribution in [0.1, 0.15) is 11.7 Å². The van der Waals surface area contributed by atoms with Gasteiger partial charge in [0.15, 0.2) is 0 Å². The SMILES string of the molecule is Brc1ccc([C@@H]2COCCN2)nc1. The van der Waals surface area contributed by atoms with Gasteiger partial charge in [-0.1, -0.05) is 0 Å². The van der Waals surface area contributed by atoms with Crippen molar-refractivity contribution in [2.75, 3.05) is 19.8 Å². The zero-order valence-corrected chi connectivity index (χ0v) is 8.75. The molecule has 0 amide bonds. The molecule has 0 bridgehead atoms. The lowest BCUT2D eigenvalue weighted by Crippen LogP contribution is -2.34. The Morgan fingerprint density at radius 3 is 3.08 bits per heavy atom. The summed E-state index contributed by atoms with van der Waals surface area (Å²) in [5.74, 6) is 0. The van der Waals surface area contributed by atoms with Crippen molar-refractivity contribution in [3.8, 4) is 0 Å². The van der Waals surface area contributed by atoms with Crippen LogP contribution in [-0.2, 0) is 4.74 Å². The van der Waals surface area contributed by atoms with E-state index in [9.17, 15) is 0 Å². The van der Waals surface area contributed by atoms with Gasteiger partial charge in [0.25, 0.3) is 0 Å². The van der Waals surface area contributed by atoms with Gasteiger partial charge < -0.3 is 10.1 Å². The molecule has 1 aromatic heterocycles. The summed E-state index contributed by atoms with van der Waals surface area (Å²) >= 11 is 3.36. The van der Waals surface area contributed by atoms with Gasteiger partial charge in [0.05, 0.1) is 24.9 Å². The molecule has 1 aliphatic heterocycles. The number of hydrogen-bond acceptors (Lipinski definition) is 3. The third kappa shape index (κ3) is 2.27. The molecular weight excluding hydrogens is 232 g/mol. The lowest BCUT2D eigenvalue weighted by molar-refractivity contribution is 0.0756. The first-order valence-corrected chi connectivity index (χ1v) is 5.08. The summed E-state index contributed by atoms with van der Waals surface area (Å²) in [5, 5.41) is 3.35. The van der Waals surface area contributed by atoms with Crippen molar-refractivity contribution in [3.05, 3.63) is 28.5 Å². The number of morpholine rings is 1. The summed E-state index contributed by atoms with van der Waals surface area (Å²) in [4.78, 5) is 4.31. The molecule has 0 aromatic carbocycles. The van der Waals surface area contributed by atoms with Crippen molar-refractivity contribution in [1.29, 1.82) is 0 Å². The second-order valence-electron chi connectivity index (χ2n) is 2.98. The Bertz CT molecular complexity index is 269. The number of nitrogens with zero attached hydrogens (tertiary/aromatic N) is 1. The van der Waals surface area contributed by atoms with Gasteiger partial charge in [-0.05, 0) is 28.1 Å². The summed E-state index contributed by atoms with van der Waals surface area (Å²) in [5.41, 5.74) is 1.04. The fourth-order valence-corrected chi connectivity index (χ4v) is 1.58. The molecule has 0 radical (unpaired) electrons. The highest BCUT2D eigenvalue weighted by Crippen LogP contribution is 2.15. The van der Waals surface area contributed by atoms with Crippen molar-refractivity contribution in [2.24, 2.45) is 0 Å². The summed E-state index contributed by atoms with van der Waals surface area (Å²) < 4.78 is 6.36. The number of hydrogen-bond donors (Lipinski definition) is 1. The van der Waals surface area contributed by atoms with Gasteiger partial charge in [0, 0.05) is 17.2 Å². The number of nitrogens with one attached hydrogen (secondary N) is 1. The van der Waals surface area contributed by atoms with E-state index in [4.69, 9.17) is 4.74 Å². The van der Waals surface area contributed by atoms with E-state index in [0.717, 1.165) is 23.3 Å². The Hall–Kier alpha value is -0.450. The fourth-order valence-electron chi connectivity index (χ4n) is 1.35. The van der Waals surface area contributed by atoms with E-state index in [-0.39, 0.29) is 6.04 Å². The van der Waals surface area contributed by atoms with E-state index in [1.807, 2.05) is 18.3 Å². The zero-order chi connectivity index (χ0) is 9.10. The number of rotatable bonds is 1. The molecule has 1 N–H and O–H groups in total. The van der Waals surface area contributed by atoms with Crippen LogP contribution < -0.4 is 5.32 Å². The average Bonchev–Trinajstić information content (AvgIpc) is 2.20. The summed E-state index contributed by atoms with van der Waals surface area (Å²) in [6, 6.07) is 4.26. The van der Waals surface area contributed by atoms with Crippen LogP contribution in [0.25, 0.3) is 0 Å². The molecular formula is C9H11BrN2O. The molecule has 3 nitrogen and oxygen atoms in total. The molecule has 70 valence electrons. The molecule has 1 fully saturated rings. The van der Waals surface area contributed by atoms with Crippen LogP contribution in [0.2, 0.25) is 0 Å². The Morgan fingerprint density at radius 1 is 1.54 bits per heavy atom. The van der Waals surface area contributed by atoms with Crippen LogP contribution in [0.5, 0.6) is 0 Å². The molecule has 1 aliphatic rings. The Morgan fingerprint density at radius 2 is 2.46 bits per heavy atom. The van der Waals surface area contributed by atoms with E-state index < -0.39 is 0 Å². The molecule has 13 heavy (non-hydrogen) atoms. The van der Waals surface area contributed by atoms with Gasteiger partial charge in [-0.15, -0.1) is 0 Å². The summed E-state index contributed by atoms with van der Waals surface area (Å²) in [6.45, 7) is 2.42. The standard InChI is InChI=1S/C9H11BrN2O/c10-7-1-2-8(12-5-7)9-6-13-4-3-11-9/h1-2,5,9,11H,3-4,6H2/t9-/m0/s1. The van der Waals surface area contributed by atoms with Crippen LogP contribution in [-0.4, -0.2) is 24.7 Å². The molecule has 1 aromatic rings. The third-order valence-electron chi connectivity index (χ3n) is 2.03. The van der Waals surface area contributed by atoms with Gasteiger partial charge in [0.2, 0.25) is 0 Å². The van der Waals surface area contributed by atoms with Crippen LogP contribution in [0.15, 0.2) is 22.8 Å². The molecule has 2 rings (SSSR count). The van der Waals surface area contributed by atoms with Gasteiger partial charge in [-0.2, -0.15) is 0 Å². The van der Waals surface area contributed by atoms with Crippen molar-refractivity contribution in [3.63, 3.8) is 0 Å². The van der Waals surface area contributed by atoms with E-state index in [1.54, 1.807) is 0 Å². The van der Waals surface area contributed by atoms with Crippen molar-refractivity contribution in [1.82, 2.24) is 10.3 Å². The highest BCUT2D eigenvalue weighted by molar-refractivity contribution is 9.10. The average molecular weight is 243 g/mol. The molecule has 1 atom stereocenters. The van der Waals surface area contributed by atoms with Gasteiger partial charge in [-0.25, -0.2) is 0 Å². The smallest absolute Gasteiger partial charge is 0.0733 e. The molecule has 2 heterocycles. The number of aromatic nitrogens is 1. The van der Waals surface area contributed by atoms with Crippen LogP contribution in [0.4, 0.5) is 0 Å². The van der Waals surface area contributed by atoms with Gasteiger partial charge in [-0.3, -0.25) is 4.98 Å². The second-order valence-corrected chi connectivity index (χ2v) is 3.90. The fraction of sp³-hybridized carbons (Fsp3) is 0.444. The molecule has 4 heteroatoms. The minimum Gasteiger partial charge on any atom is -0.378 e. The first-order valence-electron chi connectivity index (χ1n) is 4.29. The topological polar surface area (TPSA) is 34.1 Å². The van der Waals surface area contributed by atoms with Gasteiger partial charge in [0.1, 0.15) is 0 Å². The number of ether oxygens (including phenoxy) is 1. The van der Waals surface area contributed by atoms with Crippen LogP contribution in [0.3, 0.4) is 0 Å². The third-order valence-corrected chi connectivity index (χ3v) is 2.50. The van der Waals surface area contributed by atoms with E-state index in [1.165, 1.54) is 0 Å². The quantitative estimate of drug-likeness (QED) is 0.811. The lowest BCUT2D eigenvalue weighted by atomic mass is 10.2. The maximum absolute atomic E-state index is 5.35. The molecule has 0 unspecified atom stereocenters. The van der Waals surface area contributed by atoms with E-state index in [0.29, 0.717) is 6.61 Å². The monoisotopic (exact) mass is 242 g/mol.